The van der Waals surface area contributed by atoms with Crippen LogP contribution >= 0.6 is 11.8 Å². The number of aliphatic carboxylic acids is 1. The van der Waals surface area contributed by atoms with Crippen LogP contribution in [-0.2, 0) is 11.0 Å². The van der Waals surface area contributed by atoms with Gasteiger partial charge < -0.3 is 10.4 Å². The van der Waals surface area contributed by atoms with Crippen LogP contribution in [0.1, 0.15) is 53.4 Å². The Morgan fingerprint density at radius 1 is 0.889 bits per heavy atom. The van der Waals surface area contributed by atoms with E-state index in [0.29, 0.717) is 11.5 Å². The number of benzene rings is 3. The molecule has 3 aromatic rings. The second-order valence-electron chi connectivity index (χ2n) is 8.86. The summed E-state index contributed by atoms with van der Waals surface area (Å²) in [6, 6.07) is 20.2. The lowest BCUT2D eigenvalue weighted by Crippen LogP contribution is -2.25. The molecule has 0 spiro atoms. The zero-order valence-corrected chi connectivity index (χ0v) is 20.8. The monoisotopic (exact) mass is 515 g/mol. The third-order valence-electron chi connectivity index (χ3n) is 5.53. The predicted molar refractivity (Wildman–Crippen MR) is 136 cm³/mol. The number of carboxylic acid groups (broad SMARTS) is 1. The molecule has 1 atom stereocenters. The quantitative estimate of drug-likeness (QED) is 0.275. The van der Waals surface area contributed by atoms with Gasteiger partial charge in [0.15, 0.2) is 0 Å². The topological polar surface area (TPSA) is 66.4 Å². The molecule has 3 aromatic carbocycles. The van der Waals surface area contributed by atoms with Crippen LogP contribution in [0.4, 0.5) is 13.2 Å². The van der Waals surface area contributed by atoms with Crippen molar-refractivity contribution in [3.8, 4) is 11.1 Å². The van der Waals surface area contributed by atoms with Crippen molar-refractivity contribution in [2.24, 2.45) is 5.92 Å². The molecule has 1 unspecified atom stereocenters. The van der Waals surface area contributed by atoms with Gasteiger partial charge in [0.1, 0.15) is 0 Å². The first kappa shape index (κ1) is 27.3. The van der Waals surface area contributed by atoms with E-state index in [9.17, 15) is 22.8 Å². The Morgan fingerprint density at radius 2 is 1.44 bits per heavy atom. The van der Waals surface area contributed by atoms with Crippen molar-refractivity contribution < 1.29 is 27.9 Å². The van der Waals surface area contributed by atoms with Crippen molar-refractivity contribution in [2.45, 2.75) is 43.0 Å². The molecular formula is C28H28F3NO3S. The molecule has 36 heavy (non-hydrogen) atoms. The number of amides is 1. The van der Waals surface area contributed by atoms with Gasteiger partial charge in [-0.1, -0.05) is 50.2 Å². The minimum atomic E-state index is -4.35. The molecule has 0 aliphatic carbocycles. The lowest BCUT2D eigenvalue weighted by molar-refractivity contribution is -0.138. The van der Waals surface area contributed by atoms with Gasteiger partial charge in [0.2, 0.25) is 0 Å². The average molecular weight is 516 g/mol. The highest BCUT2D eigenvalue weighted by Crippen LogP contribution is 2.40. The molecule has 0 heterocycles. The molecule has 3 rings (SSSR count). The van der Waals surface area contributed by atoms with Gasteiger partial charge >= 0.3 is 12.1 Å². The van der Waals surface area contributed by atoms with E-state index in [1.165, 1.54) is 12.1 Å². The highest BCUT2D eigenvalue weighted by molar-refractivity contribution is 7.99. The fourth-order valence-corrected chi connectivity index (χ4v) is 5.05. The summed E-state index contributed by atoms with van der Waals surface area (Å²) in [7, 11) is 0. The fourth-order valence-electron chi connectivity index (χ4n) is 3.66. The summed E-state index contributed by atoms with van der Waals surface area (Å²) in [4.78, 5) is 23.9. The number of carboxylic acids is 1. The Bertz CT molecular complexity index is 1160. The Balaban J connectivity index is 1.70. The molecule has 4 nitrogen and oxygen atoms in total. The van der Waals surface area contributed by atoms with Crippen LogP contribution in [0.2, 0.25) is 0 Å². The van der Waals surface area contributed by atoms with Gasteiger partial charge in [-0.25, -0.2) is 0 Å². The second kappa shape index (κ2) is 12.1. The fraction of sp³-hybridized carbons (Fsp3) is 0.286. The largest absolute Gasteiger partial charge is 0.481 e. The minimum absolute atomic E-state index is 0.0736. The molecule has 190 valence electrons. The second-order valence-corrected chi connectivity index (χ2v) is 10.1. The maximum absolute atomic E-state index is 12.8. The lowest BCUT2D eigenvalue weighted by atomic mass is 10.0. The summed E-state index contributed by atoms with van der Waals surface area (Å²) in [5, 5.41) is 11.5. The van der Waals surface area contributed by atoms with Gasteiger partial charge in [-0.2, -0.15) is 13.2 Å². The molecule has 0 saturated heterocycles. The van der Waals surface area contributed by atoms with E-state index >= 15 is 0 Å². The summed E-state index contributed by atoms with van der Waals surface area (Å²) in [5.41, 5.74) is 2.43. The van der Waals surface area contributed by atoms with E-state index in [4.69, 9.17) is 5.11 Å². The lowest BCUT2D eigenvalue weighted by Gasteiger charge is -2.20. The molecular weight excluding hydrogens is 487 g/mol. The standard InChI is InChI=1S/C28H28F3NO3S/c1-18(2)17-25(21-3-5-22(6-4-21)27(35)32-16-15-26(33)34)36-24-13-9-20(10-14-24)19-7-11-23(12-8-19)28(29,30)31/h3-14,18,25H,15-17H2,1-2H3,(H,32,35)(H,33,34). The summed E-state index contributed by atoms with van der Waals surface area (Å²) in [5.74, 6) is -0.839. The highest BCUT2D eigenvalue weighted by Gasteiger charge is 2.30. The number of carbonyl (C=O) groups is 2. The zero-order chi connectivity index (χ0) is 26.3. The average Bonchev–Trinajstić information content (AvgIpc) is 2.83. The van der Waals surface area contributed by atoms with Gasteiger partial charge in [-0.05, 0) is 65.4 Å². The van der Waals surface area contributed by atoms with Gasteiger partial charge in [0.05, 0.1) is 12.0 Å². The third kappa shape index (κ3) is 7.88. The molecule has 0 aliphatic heterocycles. The smallest absolute Gasteiger partial charge is 0.416 e. The first-order valence-corrected chi connectivity index (χ1v) is 12.4. The number of halogens is 3. The number of hydrogen-bond donors (Lipinski definition) is 2. The van der Waals surface area contributed by atoms with Crippen LogP contribution in [0, 0.1) is 5.92 Å². The van der Waals surface area contributed by atoms with Crippen LogP contribution in [0.25, 0.3) is 11.1 Å². The third-order valence-corrected chi connectivity index (χ3v) is 6.83. The summed E-state index contributed by atoms with van der Waals surface area (Å²) in [6.07, 6.45) is -3.57. The Kier molecular flexibility index (Phi) is 9.20. The van der Waals surface area contributed by atoms with Crippen LogP contribution in [0.5, 0.6) is 0 Å². The number of carbonyl (C=O) groups excluding carboxylic acids is 1. The van der Waals surface area contributed by atoms with Crippen molar-refractivity contribution in [3.63, 3.8) is 0 Å². The summed E-state index contributed by atoms with van der Waals surface area (Å²) >= 11 is 1.70. The van der Waals surface area contributed by atoms with E-state index in [0.717, 1.165) is 40.1 Å². The Morgan fingerprint density at radius 3 is 1.94 bits per heavy atom. The highest BCUT2D eigenvalue weighted by atomic mass is 32.2. The number of nitrogens with one attached hydrogen (secondary N) is 1. The van der Waals surface area contributed by atoms with Crippen molar-refractivity contribution in [1.29, 1.82) is 0 Å². The normalized spacial score (nSPS) is 12.4. The Hall–Kier alpha value is -3.26. The van der Waals surface area contributed by atoms with E-state index in [2.05, 4.69) is 19.2 Å². The van der Waals surface area contributed by atoms with E-state index in [1.54, 1.807) is 23.9 Å². The maximum Gasteiger partial charge on any atom is 0.416 e. The van der Waals surface area contributed by atoms with Crippen LogP contribution in [0.3, 0.4) is 0 Å². The van der Waals surface area contributed by atoms with Crippen LogP contribution in [-0.4, -0.2) is 23.5 Å². The zero-order valence-electron chi connectivity index (χ0n) is 20.0. The Labute approximate surface area is 212 Å². The van der Waals surface area contributed by atoms with Crippen LogP contribution < -0.4 is 5.32 Å². The maximum atomic E-state index is 12.8. The van der Waals surface area contributed by atoms with Gasteiger partial charge in [0, 0.05) is 22.3 Å². The van der Waals surface area contributed by atoms with Gasteiger partial charge in [0.25, 0.3) is 5.91 Å². The molecule has 0 aliphatic rings. The molecule has 0 saturated carbocycles. The first-order valence-electron chi connectivity index (χ1n) is 11.6. The molecule has 8 heteroatoms. The number of hydrogen-bond acceptors (Lipinski definition) is 3. The summed E-state index contributed by atoms with van der Waals surface area (Å²) < 4.78 is 38.5. The van der Waals surface area contributed by atoms with E-state index < -0.39 is 17.7 Å². The number of rotatable bonds is 10. The van der Waals surface area contributed by atoms with Crippen molar-refractivity contribution in [1.82, 2.24) is 5.32 Å². The van der Waals surface area contributed by atoms with Crippen LogP contribution in [0.15, 0.2) is 77.7 Å². The van der Waals surface area contributed by atoms with Crippen molar-refractivity contribution in [2.75, 3.05) is 6.54 Å². The van der Waals surface area contributed by atoms with E-state index in [-0.39, 0.29) is 24.1 Å². The number of alkyl halides is 3. The van der Waals surface area contributed by atoms with E-state index in [1.807, 2.05) is 36.4 Å². The molecule has 0 aromatic heterocycles. The van der Waals surface area contributed by atoms with Crippen molar-refractivity contribution >= 4 is 23.6 Å². The predicted octanol–water partition coefficient (Wildman–Crippen LogP) is 7.46. The number of thioether (sulfide) groups is 1. The summed E-state index contributed by atoms with van der Waals surface area (Å²) in [6.45, 7) is 4.36. The molecule has 2 N–H and O–H groups in total. The van der Waals surface area contributed by atoms with Crippen molar-refractivity contribution in [3.05, 3.63) is 89.5 Å². The first-order chi connectivity index (χ1) is 17.0. The molecule has 0 radical (unpaired) electrons. The van der Waals surface area contributed by atoms with Gasteiger partial charge in [-0.3, -0.25) is 9.59 Å². The van der Waals surface area contributed by atoms with Gasteiger partial charge in [-0.15, -0.1) is 11.8 Å². The SMILES string of the molecule is CC(C)CC(Sc1ccc(-c2ccc(C(F)(F)F)cc2)cc1)c1ccc(C(=O)NCCC(=O)O)cc1. The molecule has 0 fully saturated rings. The molecule has 1 amide bonds. The minimum Gasteiger partial charge on any atom is -0.481 e. The molecule has 0 bridgehead atoms.